The molecule has 3 rings (SSSR count). The molecule has 0 saturated heterocycles. The highest BCUT2D eigenvalue weighted by Gasteiger charge is 2.30. The number of alkyl halides is 3. The predicted molar refractivity (Wildman–Crippen MR) is 75.5 cm³/mol. The lowest BCUT2D eigenvalue weighted by Gasteiger charge is -2.06. The van der Waals surface area contributed by atoms with Crippen LogP contribution in [-0.2, 0) is 12.8 Å². The molecule has 118 valence electrons. The van der Waals surface area contributed by atoms with Crippen LogP contribution in [0.5, 0.6) is 5.75 Å². The van der Waals surface area contributed by atoms with Gasteiger partial charge in [0.2, 0.25) is 5.82 Å². The summed E-state index contributed by atoms with van der Waals surface area (Å²) in [5, 5.41) is 3.69. The van der Waals surface area contributed by atoms with Gasteiger partial charge in [-0.1, -0.05) is 35.5 Å². The smallest absolute Gasteiger partial charge is 0.416 e. The lowest BCUT2D eigenvalue weighted by Crippen LogP contribution is -2.04. The van der Waals surface area contributed by atoms with E-state index < -0.39 is 11.7 Å². The molecule has 2 aromatic carbocycles. The Hall–Kier alpha value is -2.83. The Morgan fingerprint density at radius 3 is 2.52 bits per heavy atom. The number of hydrogen-bond donors (Lipinski definition) is 0. The van der Waals surface area contributed by atoms with E-state index in [1.54, 1.807) is 12.1 Å². The zero-order valence-corrected chi connectivity index (χ0v) is 11.7. The zero-order valence-electron chi connectivity index (χ0n) is 11.7. The van der Waals surface area contributed by atoms with Gasteiger partial charge in [0.05, 0.1) is 5.56 Å². The highest BCUT2D eigenvalue weighted by Crippen LogP contribution is 2.31. The van der Waals surface area contributed by atoms with Gasteiger partial charge >= 0.3 is 6.18 Å². The van der Waals surface area contributed by atoms with Gasteiger partial charge in [0.15, 0.2) is 6.61 Å². The van der Waals surface area contributed by atoms with Crippen LogP contribution in [0.25, 0.3) is 11.4 Å². The van der Waals surface area contributed by atoms with E-state index in [-0.39, 0.29) is 23.9 Å². The first-order valence-corrected chi connectivity index (χ1v) is 6.70. The first-order chi connectivity index (χ1) is 11.0. The number of para-hydroxylation sites is 1. The summed E-state index contributed by atoms with van der Waals surface area (Å²) in [6.07, 6.45) is -4.42. The molecule has 0 aliphatic rings. The van der Waals surface area contributed by atoms with E-state index >= 15 is 0 Å². The Bertz CT molecular complexity index is 785. The van der Waals surface area contributed by atoms with Gasteiger partial charge < -0.3 is 9.26 Å². The monoisotopic (exact) mass is 320 g/mol. The molecular formula is C16H11F3N2O2. The van der Waals surface area contributed by atoms with E-state index in [2.05, 4.69) is 10.1 Å². The van der Waals surface area contributed by atoms with Crippen molar-refractivity contribution in [2.75, 3.05) is 0 Å². The van der Waals surface area contributed by atoms with Crippen LogP contribution in [0.1, 0.15) is 11.5 Å². The normalized spacial score (nSPS) is 11.4. The lowest BCUT2D eigenvalue weighted by atomic mass is 10.1. The van der Waals surface area contributed by atoms with Gasteiger partial charge in [-0.05, 0) is 24.3 Å². The zero-order chi connectivity index (χ0) is 16.3. The number of rotatable bonds is 4. The van der Waals surface area contributed by atoms with Crippen LogP contribution in [0.3, 0.4) is 0 Å². The summed E-state index contributed by atoms with van der Waals surface area (Å²) in [7, 11) is 0. The molecule has 7 heteroatoms. The van der Waals surface area contributed by atoms with Gasteiger partial charge in [-0.15, -0.1) is 0 Å². The summed E-state index contributed by atoms with van der Waals surface area (Å²) in [6.45, 7) is 0.0377. The number of ether oxygens (including phenoxy) is 1. The third kappa shape index (κ3) is 3.68. The van der Waals surface area contributed by atoms with Crippen molar-refractivity contribution in [3.05, 3.63) is 66.1 Å². The minimum Gasteiger partial charge on any atom is -0.484 e. The number of benzene rings is 2. The minimum atomic E-state index is -4.42. The standard InChI is InChI=1S/C16H11F3N2O2/c17-16(18,19)12-6-4-5-11(9-12)15-20-14(23-21-15)10-22-13-7-2-1-3-8-13/h1-9H,10H2. The topological polar surface area (TPSA) is 48.2 Å². The summed E-state index contributed by atoms with van der Waals surface area (Å²) in [5.41, 5.74) is -0.531. The highest BCUT2D eigenvalue weighted by molar-refractivity contribution is 5.55. The third-order valence-corrected chi connectivity index (χ3v) is 3.02. The van der Waals surface area contributed by atoms with Gasteiger partial charge in [-0.2, -0.15) is 18.2 Å². The number of aromatic nitrogens is 2. The van der Waals surface area contributed by atoms with E-state index in [1.165, 1.54) is 12.1 Å². The average Bonchev–Trinajstić information content (AvgIpc) is 3.02. The molecule has 3 aromatic rings. The molecule has 0 radical (unpaired) electrons. The van der Waals surface area contributed by atoms with E-state index in [9.17, 15) is 13.2 Å². The van der Waals surface area contributed by atoms with Crippen LogP contribution < -0.4 is 4.74 Å². The first-order valence-electron chi connectivity index (χ1n) is 6.70. The SMILES string of the molecule is FC(F)(F)c1cccc(-c2noc(COc3ccccc3)n2)c1. The summed E-state index contributed by atoms with van der Waals surface area (Å²) >= 11 is 0. The molecule has 0 atom stereocenters. The van der Waals surface area contributed by atoms with Crippen molar-refractivity contribution in [3.63, 3.8) is 0 Å². The van der Waals surface area contributed by atoms with Crippen molar-refractivity contribution in [2.24, 2.45) is 0 Å². The van der Waals surface area contributed by atoms with Crippen molar-refractivity contribution in [2.45, 2.75) is 12.8 Å². The molecule has 0 N–H and O–H groups in total. The fourth-order valence-electron chi connectivity index (χ4n) is 1.93. The molecule has 0 amide bonds. The maximum absolute atomic E-state index is 12.7. The summed E-state index contributed by atoms with van der Waals surface area (Å²) in [5.74, 6) is 0.898. The van der Waals surface area contributed by atoms with Crippen LogP contribution in [0.4, 0.5) is 13.2 Å². The number of hydrogen-bond acceptors (Lipinski definition) is 4. The lowest BCUT2D eigenvalue weighted by molar-refractivity contribution is -0.137. The predicted octanol–water partition coefficient (Wildman–Crippen LogP) is 4.33. The Labute approximate surface area is 129 Å². The molecule has 0 fully saturated rings. The van der Waals surface area contributed by atoms with E-state index in [0.717, 1.165) is 12.1 Å². The van der Waals surface area contributed by atoms with E-state index in [4.69, 9.17) is 9.26 Å². The largest absolute Gasteiger partial charge is 0.484 e. The Balaban J connectivity index is 1.74. The molecule has 0 bridgehead atoms. The molecule has 1 heterocycles. The summed E-state index contributed by atoms with van der Waals surface area (Å²) in [6, 6.07) is 13.8. The summed E-state index contributed by atoms with van der Waals surface area (Å²) in [4.78, 5) is 4.05. The maximum Gasteiger partial charge on any atom is 0.416 e. The molecule has 23 heavy (non-hydrogen) atoms. The second-order valence-corrected chi connectivity index (χ2v) is 4.69. The van der Waals surface area contributed by atoms with Crippen molar-refractivity contribution < 1.29 is 22.4 Å². The maximum atomic E-state index is 12.7. The van der Waals surface area contributed by atoms with Gasteiger partial charge in [-0.25, -0.2) is 0 Å². The molecule has 0 unspecified atom stereocenters. The molecule has 4 nitrogen and oxygen atoms in total. The third-order valence-electron chi connectivity index (χ3n) is 3.02. The second-order valence-electron chi connectivity index (χ2n) is 4.69. The Morgan fingerprint density at radius 2 is 1.78 bits per heavy atom. The molecule has 0 saturated carbocycles. The second kappa shape index (κ2) is 6.12. The van der Waals surface area contributed by atoms with Crippen molar-refractivity contribution in [1.29, 1.82) is 0 Å². The first kappa shape index (κ1) is 15.1. The average molecular weight is 320 g/mol. The Morgan fingerprint density at radius 1 is 1.00 bits per heavy atom. The van der Waals surface area contributed by atoms with Crippen molar-refractivity contribution in [1.82, 2.24) is 10.1 Å². The fraction of sp³-hybridized carbons (Fsp3) is 0.125. The van der Waals surface area contributed by atoms with Gasteiger partial charge in [0.1, 0.15) is 5.75 Å². The van der Waals surface area contributed by atoms with Crippen LogP contribution >= 0.6 is 0 Å². The highest BCUT2D eigenvalue weighted by atomic mass is 19.4. The fourth-order valence-corrected chi connectivity index (χ4v) is 1.93. The van der Waals surface area contributed by atoms with Crippen LogP contribution in [0.15, 0.2) is 59.1 Å². The Kier molecular flexibility index (Phi) is 4.01. The molecule has 0 aliphatic heterocycles. The van der Waals surface area contributed by atoms with Crippen LogP contribution in [-0.4, -0.2) is 10.1 Å². The minimum absolute atomic E-state index is 0.0377. The van der Waals surface area contributed by atoms with E-state index in [0.29, 0.717) is 5.75 Å². The molecular weight excluding hydrogens is 309 g/mol. The molecule has 0 aliphatic carbocycles. The van der Waals surface area contributed by atoms with Crippen molar-refractivity contribution >= 4 is 0 Å². The van der Waals surface area contributed by atoms with Crippen molar-refractivity contribution in [3.8, 4) is 17.1 Å². The van der Waals surface area contributed by atoms with Gasteiger partial charge in [0, 0.05) is 5.56 Å². The molecule has 0 spiro atoms. The quantitative estimate of drug-likeness (QED) is 0.718. The van der Waals surface area contributed by atoms with Gasteiger partial charge in [0.25, 0.3) is 5.89 Å². The number of halogens is 3. The number of nitrogens with zero attached hydrogens (tertiary/aromatic N) is 2. The van der Waals surface area contributed by atoms with E-state index in [1.807, 2.05) is 18.2 Å². The molecule has 1 aromatic heterocycles. The van der Waals surface area contributed by atoms with Crippen LogP contribution in [0.2, 0.25) is 0 Å². The van der Waals surface area contributed by atoms with Gasteiger partial charge in [-0.3, -0.25) is 0 Å². The summed E-state index contributed by atoms with van der Waals surface area (Å²) < 4.78 is 48.6. The van der Waals surface area contributed by atoms with Crippen LogP contribution in [0, 0.1) is 0 Å².